The van der Waals surface area contributed by atoms with Crippen LogP contribution < -0.4 is 5.73 Å². The van der Waals surface area contributed by atoms with Crippen molar-refractivity contribution < 1.29 is 0 Å². The van der Waals surface area contributed by atoms with Gasteiger partial charge in [-0.25, -0.2) is 4.98 Å². The molecule has 0 saturated heterocycles. The number of aromatic amines is 1. The van der Waals surface area contributed by atoms with Gasteiger partial charge in [-0.05, 0) is 18.1 Å². The summed E-state index contributed by atoms with van der Waals surface area (Å²) in [5.74, 6) is 2.01. The zero-order valence-corrected chi connectivity index (χ0v) is 8.10. The van der Waals surface area contributed by atoms with Crippen LogP contribution in [0.4, 0.5) is 5.95 Å². The monoisotopic (exact) mass is 196 g/mol. The topological polar surface area (TPSA) is 67.6 Å². The maximum atomic E-state index is 5.52. The van der Waals surface area contributed by atoms with E-state index in [4.69, 9.17) is 18.0 Å². The summed E-state index contributed by atoms with van der Waals surface area (Å²) >= 11 is 4.87. The van der Waals surface area contributed by atoms with Gasteiger partial charge in [-0.3, -0.25) is 0 Å². The first-order valence-electron chi connectivity index (χ1n) is 4.47. The molecule has 70 valence electrons. The van der Waals surface area contributed by atoms with Crippen molar-refractivity contribution in [2.45, 2.75) is 25.7 Å². The molecule has 0 unspecified atom stereocenters. The van der Waals surface area contributed by atoms with Crippen LogP contribution in [0, 0.1) is 10.7 Å². The van der Waals surface area contributed by atoms with Gasteiger partial charge in [0.1, 0.15) is 5.82 Å². The zero-order valence-electron chi connectivity index (χ0n) is 7.29. The van der Waals surface area contributed by atoms with Crippen LogP contribution in [0.25, 0.3) is 0 Å². The molecule has 13 heavy (non-hydrogen) atoms. The Morgan fingerprint density at radius 2 is 2.23 bits per heavy atom. The molecule has 0 amide bonds. The van der Waals surface area contributed by atoms with Crippen molar-refractivity contribution in [1.82, 2.24) is 15.0 Å². The highest BCUT2D eigenvalue weighted by molar-refractivity contribution is 7.71. The lowest BCUT2D eigenvalue weighted by Gasteiger charge is -2.24. The van der Waals surface area contributed by atoms with Crippen LogP contribution in [0.1, 0.15) is 25.1 Å². The number of aromatic nitrogens is 3. The van der Waals surface area contributed by atoms with Gasteiger partial charge in [-0.2, -0.15) is 4.98 Å². The minimum Gasteiger partial charge on any atom is -0.369 e. The number of nitrogens with zero attached hydrogens (tertiary/aromatic N) is 2. The summed E-state index contributed by atoms with van der Waals surface area (Å²) in [5.41, 5.74) is 5.52. The van der Waals surface area contributed by atoms with Crippen LogP contribution in [0.5, 0.6) is 0 Å². The molecule has 3 N–H and O–H groups in total. The van der Waals surface area contributed by atoms with E-state index in [1.807, 2.05) is 0 Å². The van der Waals surface area contributed by atoms with Crippen molar-refractivity contribution in [3.8, 4) is 0 Å². The standard InChI is InChI=1S/C8H12N4S/c9-7-10-6(11-8(13)12-7)4-5-2-1-3-5/h5H,1-4H2,(H3,9,10,11,12,13). The minimum atomic E-state index is 0.338. The Morgan fingerprint density at radius 3 is 2.77 bits per heavy atom. The predicted octanol–water partition coefficient (Wildman–Crippen LogP) is 1.46. The van der Waals surface area contributed by atoms with Gasteiger partial charge in [0.15, 0.2) is 0 Å². The third-order valence-corrected chi connectivity index (χ3v) is 2.61. The molecule has 0 aliphatic heterocycles. The summed E-state index contributed by atoms with van der Waals surface area (Å²) in [4.78, 5) is 10.9. The molecular weight excluding hydrogens is 184 g/mol. The number of nitrogens with two attached hydrogens (primary N) is 1. The molecular formula is C8H12N4S. The van der Waals surface area contributed by atoms with Crippen molar-refractivity contribution in [3.63, 3.8) is 0 Å². The van der Waals surface area contributed by atoms with E-state index in [2.05, 4.69) is 15.0 Å². The number of nitrogens with one attached hydrogen (secondary N) is 1. The van der Waals surface area contributed by atoms with Crippen LogP contribution in [0.2, 0.25) is 0 Å². The minimum absolute atomic E-state index is 0.338. The number of hydrogen-bond acceptors (Lipinski definition) is 4. The largest absolute Gasteiger partial charge is 0.369 e. The Bertz CT molecular complexity index is 355. The smallest absolute Gasteiger partial charge is 0.224 e. The quantitative estimate of drug-likeness (QED) is 0.703. The molecule has 0 bridgehead atoms. The van der Waals surface area contributed by atoms with Crippen molar-refractivity contribution in [2.24, 2.45) is 5.92 Å². The first-order chi connectivity index (χ1) is 6.24. The van der Waals surface area contributed by atoms with E-state index in [0.717, 1.165) is 18.2 Å². The van der Waals surface area contributed by atoms with Gasteiger partial charge in [0, 0.05) is 6.42 Å². The molecule has 0 spiro atoms. The van der Waals surface area contributed by atoms with Crippen molar-refractivity contribution in [3.05, 3.63) is 10.6 Å². The maximum Gasteiger partial charge on any atom is 0.224 e. The number of anilines is 1. The highest BCUT2D eigenvalue weighted by atomic mass is 32.1. The highest BCUT2D eigenvalue weighted by Crippen LogP contribution is 2.28. The van der Waals surface area contributed by atoms with E-state index in [-0.39, 0.29) is 0 Å². The lowest BCUT2D eigenvalue weighted by atomic mass is 9.83. The summed E-state index contributed by atoms with van der Waals surface area (Å²) in [6.07, 6.45) is 4.89. The molecule has 4 nitrogen and oxygen atoms in total. The van der Waals surface area contributed by atoms with Gasteiger partial charge < -0.3 is 10.7 Å². The second-order valence-corrected chi connectivity index (χ2v) is 3.83. The fourth-order valence-corrected chi connectivity index (χ4v) is 1.72. The summed E-state index contributed by atoms with van der Waals surface area (Å²) in [6.45, 7) is 0. The Kier molecular flexibility index (Phi) is 2.26. The molecule has 1 fully saturated rings. The normalized spacial score (nSPS) is 16.9. The lowest BCUT2D eigenvalue weighted by Crippen LogP contribution is -2.16. The Labute approximate surface area is 81.6 Å². The third-order valence-electron chi connectivity index (χ3n) is 2.43. The van der Waals surface area contributed by atoms with Gasteiger partial charge in [-0.1, -0.05) is 19.3 Å². The molecule has 2 rings (SSSR count). The fourth-order valence-electron chi connectivity index (χ4n) is 1.51. The van der Waals surface area contributed by atoms with Crippen molar-refractivity contribution in [1.29, 1.82) is 0 Å². The van der Waals surface area contributed by atoms with Gasteiger partial charge in [0.25, 0.3) is 0 Å². The molecule has 1 saturated carbocycles. The van der Waals surface area contributed by atoms with Crippen LogP contribution in [-0.4, -0.2) is 15.0 Å². The van der Waals surface area contributed by atoms with Crippen LogP contribution in [0.15, 0.2) is 0 Å². The van der Waals surface area contributed by atoms with Crippen LogP contribution in [0.3, 0.4) is 0 Å². The second kappa shape index (κ2) is 3.41. The Balaban J connectivity index is 2.14. The van der Waals surface area contributed by atoms with E-state index in [0.29, 0.717) is 10.7 Å². The molecule has 1 aliphatic rings. The molecule has 0 atom stereocenters. The average molecular weight is 196 g/mol. The molecule has 1 heterocycles. The van der Waals surface area contributed by atoms with E-state index >= 15 is 0 Å². The maximum absolute atomic E-state index is 5.52. The first-order valence-corrected chi connectivity index (χ1v) is 4.87. The molecule has 1 aromatic rings. The molecule has 0 aromatic carbocycles. The van der Waals surface area contributed by atoms with E-state index in [1.165, 1.54) is 19.3 Å². The zero-order chi connectivity index (χ0) is 9.26. The van der Waals surface area contributed by atoms with Gasteiger partial charge in [-0.15, -0.1) is 0 Å². The fraction of sp³-hybridized carbons (Fsp3) is 0.625. The van der Waals surface area contributed by atoms with E-state index in [1.54, 1.807) is 0 Å². The second-order valence-electron chi connectivity index (χ2n) is 3.46. The van der Waals surface area contributed by atoms with Gasteiger partial charge in [0.05, 0.1) is 0 Å². The van der Waals surface area contributed by atoms with Crippen LogP contribution in [-0.2, 0) is 6.42 Å². The summed E-state index contributed by atoms with van der Waals surface area (Å²) in [5, 5.41) is 0. The Hall–Kier alpha value is -0.970. The molecule has 1 aliphatic carbocycles. The van der Waals surface area contributed by atoms with Crippen molar-refractivity contribution >= 4 is 18.2 Å². The first kappa shape index (κ1) is 8.62. The number of nitrogen functional groups attached to an aromatic ring is 1. The number of hydrogen-bond donors (Lipinski definition) is 2. The number of H-pyrrole nitrogens is 1. The molecule has 0 radical (unpaired) electrons. The van der Waals surface area contributed by atoms with E-state index < -0.39 is 0 Å². The average Bonchev–Trinajstić information content (AvgIpc) is 1.95. The third kappa shape index (κ3) is 2.03. The summed E-state index contributed by atoms with van der Waals surface area (Å²) in [6, 6.07) is 0. The summed E-state index contributed by atoms with van der Waals surface area (Å²) < 4.78 is 0.338. The van der Waals surface area contributed by atoms with E-state index in [9.17, 15) is 0 Å². The Morgan fingerprint density at radius 1 is 1.46 bits per heavy atom. The number of rotatable bonds is 2. The predicted molar refractivity (Wildman–Crippen MR) is 52.7 cm³/mol. The summed E-state index contributed by atoms with van der Waals surface area (Å²) in [7, 11) is 0. The van der Waals surface area contributed by atoms with Crippen molar-refractivity contribution in [2.75, 3.05) is 5.73 Å². The SMILES string of the molecule is Nc1nc(=S)nc(CC2CCC2)[nH]1. The van der Waals surface area contributed by atoms with Gasteiger partial charge >= 0.3 is 0 Å². The molecule has 5 heteroatoms. The van der Waals surface area contributed by atoms with Gasteiger partial charge in [0.2, 0.25) is 10.7 Å². The lowest BCUT2D eigenvalue weighted by molar-refractivity contribution is 0.309. The van der Waals surface area contributed by atoms with Crippen LogP contribution >= 0.6 is 12.2 Å². The highest BCUT2D eigenvalue weighted by Gasteiger charge is 2.18. The molecule has 1 aromatic heterocycles.